The summed E-state index contributed by atoms with van der Waals surface area (Å²) in [6.07, 6.45) is 3.23. The fraction of sp³-hybridized carbons (Fsp3) is 0.129. The number of aromatic hydroxyl groups is 1. The first-order valence-corrected chi connectivity index (χ1v) is 12.2. The Morgan fingerprint density at radius 3 is 2.32 bits per heavy atom. The molecule has 1 atom stereocenters. The summed E-state index contributed by atoms with van der Waals surface area (Å²) in [7, 11) is 0. The number of ketones is 1. The Labute approximate surface area is 220 Å². The number of Topliss-reactive ketones (excluding diaryl/α,β-unsaturated/α-hetero) is 1. The Kier molecular flexibility index (Phi) is 6.91. The molecule has 1 amide bonds. The van der Waals surface area contributed by atoms with Crippen molar-refractivity contribution in [2.24, 2.45) is 0 Å². The number of nitrogens with zero attached hydrogens (tertiary/aromatic N) is 2. The number of aliphatic hydroxyl groups excluding tert-OH is 1. The molecule has 0 radical (unpaired) electrons. The zero-order chi connectivity index (χ0) is 26.6. The van der Waals surface area contributed by atoms with Crippen molar-refractivity contribution in [2.75, 3.05) is 0 Å². The van der Waals surface area contributed by atoms with Crippen LogP contribution in [0.4, 0.5) is 0 Å². The highest BCUT2D eigenvalue weighted by Gasteiger charge is 2.46. The van der Waals surface area contributed by atoms with Gasteiger partial charge in [-0.2, -0.15) is 0 Å². The van der Waals surface area contributed by atoms with Crippen LogP contribution in [-0.2, 0) is 22.7 Å². The van der Waals surface area contributed by atoms with Gasteiger partial charge in [-0.15, -0.1) is 0 Å². The zero-order valence-electron chi connectivity index (χ0n) is 20.7. The lowest BCUT2D eigenvalue weighted by molar-refractivity contribution is -0.140. The number of pyridine rings is 1. The van der Waals surface area contributed by atoms with Crippen LogP contribution in [-0.4, -0.2) is 31.8 Å². The molecular formula is C31H26N2O5. The second-order valence-corrected chi connectivity index (χ2v) is 9.18. The summed E-state index contributed by atoms with van der Waals surface area (Å²) < 4.78 is 5.87. The van der Waals surface area contributed by atoms with Gasteiger partial charge >= 0.3 is 0 Å². The minimum Gasteiger partial charge on any atom is -0.508 e. The molecule has 3 aromatic carbocycles. The summed E-state index contributed by atoms with van der Waals surface area (Å²) in [6.45, 7) is 2.57. The van der Waals surface area contributed by atoms with Crippen molar-refractivity contribution < 1.29 is 24.5 Å². The summed E-state index contributed by atoms with van der Waals surface area (Å²) in [6, 6.07) is 23.7. The molecule has 1 aliphatic rings. The molecule has 4 aromatic rings. The van der Waals surface area contributed by atoms with Gasteiger partial charge in [0.1, 0.15) is 23.9 Å². The number of carbonyl (C=O) groups excluding carboxylic acids is 2. The fourth-order valence-electron chi connectivity index (χ4n) is 4.56. The molecule has 2 heterocycles. The molecule has 1 aliphatic heterocycles. The van der Waals surface area contributed by atoms with Gasteiger partial charge in [0.15, 0.2) is 0 Å². The van der Waals surface area contributed by atoms with Crippen molar-refractivity contribution in [3.63, 3.8) is 0 Å². The van der Waals surface area contributed by atoms with Crippen molar-refractivity contribution in [3.05, 3.63) is 131 Å². The Morgan fingerprint density at radius 2 is 1.63 bits per heavy atom. The van der Waals surface area contributed by atoms with Crippen LogP contribution in [0.15, 0.2) is 103 Å². The number of carbonyl (C=O) groups is 2. The molecule has 7 heteroatoms. The molecule has 0 spiro atoms. The molecule has 7 nitrogen and oxygen atoms in total. The van der Waals surface area contributed by atoms with Crippen molar-refractivity contribution in [1.29, 1.82) is 0 Å². The van der Waals surface area contributed by atoms with Crippen molar-refractivity contribution in [2.45, 2.75) is 26.1 Å². The number of aromatic nitrogens is 1. The van der Waals surface area contributed by atoms with E-state index in [1.165, 1.54) is 17.0 Å². The predicted octanol–water partition coefficient (Wildman–Crippen LogP) is 5.30. The van der Waals surface area contributed by atoms with E-state index in [0.29, 0.717) is 23.5 Å². The molecule has 0 saturated carbocycles. The maximum Gasteiger partial charge on any atom is 0.295 e. The highest BCUT2D eigenvalue weighted by molar-refractivity contribution is 6.46. The van der Waals surface area contributed by atoms with Crippen LogP contribution in [0.25, 0.3) is 5.76 Å². The third kappa shape index (κ3) is 5.13. The van der Waals surface area contributed by atoms with Crippen LogP contribution in [0.3, 0.4) is 0 Å². The maximum atomic E-state index is 13.2. The van der Waals surface area contributed by atoms with Crippen molar-refractivity contribution in [1.82, 2.24) is 9.88 Å². The number of aliphatic hydroxyl groups is 1. The Morgan fingerprint density at radius 1 is 0.921 bits per heavy atom. The van der Waals surface area contributed by atoms with Gasteiger partial charge in [-0.1, -0.05) is 42.0 Å². The normalized spacial score (nSPS) is 16.6. The lowest BCUT2D eigenvalue weighted by Crippen LogP contribution is -2.29. The number of amides is 1. The van der Waals surface area contributed by atoms with Gasteiger partial charge in [0, 0.05) is 24.5 Å². The van der Waals surface area contributed by atoms with Crippen LogP contribution in [0, 0.1) is 6.92 Å². The predicted molar refractivity (Wildman–Crippen MR) is 142 cm³/mol. The summed E-state index contributed by atoms with van der Waals surface area (Å²) in [4.78, 5) is 31.8. The SMILES string of the molecule is Cc1cccc(COc2ccc(/C(O)=C3/C(=O)C(=O)N(Cc4ccncc4)C3c3ccc(O)cc3)cc2)c1. The van der Waals surface area contributed by atoms with Crippen molar-refractivity contribution in [3.8, 4) is 11.5 Å². The first kappa shape index (κ1) is 24.8. The third-order valence-corrected chi connectivity index (χ3v) is 6.47. The second kappa shape index (κ2) is 10.6. The molecule has 1 aromatic heterocycles. The van der Waals surface area contributed by atoms with Crippen LogP contribution < -0.4 is 4.74 Å². The van der Waals surface area contributed by atoms with E-state index in [-0.39, 0.29) is 23.6 Å². The van der Waals surface area contributed by atoms with Gasteiger partial charge in [0.2, 0.25) is 0 Å². The first-order valence-electron chi connectivity index (χ1n) is 12.2. The van der Waals surface area contributed by atoms with Crippen molar-refractivity contribution >= 4 is 17.4 Å². The number of hydrogen-bond donors (Lipinski definition) is 2. The Hall–Kier alpha value is -4.91. The lowest BCUT2D eigenvalue weighted by atomic mass is 9.95. The highest BCUT2D eigenvalue weighted by Crippen LogP contribution is 2.40. The Bertz CT molecular complexity index is 1500. The Balaban J connectivity index is 1.47. The maximum absolute atomic E-state index is 13.2. The summed E-state index contributed by atoms with van der Waals surface area (Å²) in [5, 5.41) is 21.1. The minimum absolute atomic E-state index is 0.0109. The number of aryl methyl sites for hydroxylation is 1. The van der Waals surface area contributed by atoms with Gasteiger partial charge in [-0.25, -0.2) is 0 Å². The van der Waals surface area contributed by atoms with E-state index >= 15 is 0 Å². The van der Waals surface area contributed by atoms with E-state index in [1.54, 1.807) is 60.9 Å². The molecule has 5 rings (SSSR count). The van der Waals surface area contributed by atoms with Crippen LogP contribution in [0.5, 0.6) is 11.5 Å². The molecule has 1 unspecified atom stereocenters. The first-order chi connectivity index (χ1) is 18.4. The van der Waals surface area contributed by atoms with E-state index in [2.05, 4.69) is 11.1 Å². The van der Waals surface area contributed by atoms with E-state index in [4.69, 9.17) is 4.74 Å². The smallest absolute Gasteiger partial charge is 0.295 e. The highest BCUT2D eigenvalue weighted by atomic mass is 16.5. The van der Waals surface area contributed by atoms with Gasteiger partial charge in [0.25, 0.3) is 11.7 Å². The topological polar surface area (TPSA) is 100.0 Å². The van der Waals surface area contributed by atoms with Crippen LogP contribution >= 0.6 is 0 Å². The van der Waals surface area contributed by atoms with E-state index in [1.807, 2.05) is 25.1 Å². The largest absolute Gasteiger partial charge is 0.508 e. The molecular weight excluding hydrogens is 480 g/mol. The number of hydrogen-bond acceptors (Lipinski definition) is 6. The zero-order valence-corrected chi connectivity index (χ0v) is 20.7. The monoisotopic (exact) mass is 506 g/mol. The van der Waals surface area contributed by atoms with Gasteiger partial charge in [0.05, 0.1) is 11.6 Å². The lowest BCUT2D eigenvalue weighted by Gasteiger charge is -2.25. The summed E-state index contributed by atoms with van der Waals surface area (Å²) >= 11 is 0. The molecule has 1 fully saturated rings. The van der Waals surface area contributed by atoms with E-state index in [0.717, 1.165) is 16.7 Å². The second-order valence-electron chi connectivity index (χ2n) is 9.18. The minimum atomic E-state index is -0.832. The molecule has 2 N–H and O–H groups in total. The molecule has 0 aliphatic carbocycles. The quantitative estimate of drug-likeness (QED) is 0.201. The third-order valence-electron chi connectivity index (χ3n) is 6.47. The summed E-state index contributed by atoms with van der Waals surface area (Å²) in [5.74, 6) is -1.09. The van der Waals surface area contributed by atoms with Crippen LogP contribution in [0.2, 0.25) is 0 Å². The number of likely N-dealkylation sites (tertiary alicyclic amines) is 1. The summed E-state index contributed by atoms with van der Waals surface area (Å²) in [5.41, 5.74) is 3.95. The van der Waals surface area contributed by atoms with Gasteiger partial charge in [-0.3, -0.25) is 14.6 Å². The van der Waals surface area contributed by atoms with E-state index in [9.17, 15) is 19.8 Å². The molecule has 1 saturated heterocycles. The van der Waals surface area contributed by atoms with Gasteiger partial charge in [-0.05, 0) is 72.1 Å². The van der Waals surface area contributed by atoms with Gasteiger partial charge < -0.3 is 19.8 Å². The molecule has 38 heavy (non-hydrogen) atoms. The molecule has 0 bridgehead atoms. The fourth-order valence-corrected chi connectivity index (χ4v) is 4.56. The van der Waals surface area contributed by atoms with Crippen LogP contribution in [0.1, 0.15) is 33.9 Å². The number of rotatable bonds is 7. The number of benzene rings is 3. The number of phenols is 1. The van der Waals surface area contributed by atoms with E-state index < -0.39 is 17.7 Å². The molecule has 190 valence electrons. The standard InChI is InChI=1S/C31H26N2O5/c1-20-3-2-4-22(17-20)19-38-26-11-7-24(8-12-26)29(35)27-28(23-5-9-25(34)10-6-23)33(31(37)30(27)36)18-21-13-15-32-16-14-21/h2-17,28,34-35H,18-19H2,1H3/b29-27-. The average Bonchev–Trinajstić information content (AvgIpc) is 3.18. The average molecular weight is 507 g/mol. The number of phenolic OH excluding ortho intramolecular Hbond substituents is 1. The number of ether oxygens (including phenoxy) is 1.